The molecule has 0 spiro atoms. The fraction of sp³-hybridized carbons (Fsp3) is 0.619. The molecule has 0 nitrogen and oxygen atoms in total. The Morgan fingerprint density at radius 3 is 1.91 bits per heavy atom. The molecule has 0 saturated heterocycles. The van der Waals surface area contributed by atoms with Gasteiger partial charge in [0.25, 0.3) is 0 Å². The van der Waals surface area contributed by atoms with Gasteiger partial charge < -0.3 is 0 Å². The molecule has 1 aromatic rings. The molecule has 2 aliphatic rings. The Balaban J connectivity index is 1.49. The van der Waals surface area contributed by atoms with Crippen LogP contribution >= 0.6 is 0 Å². The molecule has 0 N–H and O–H groups in total. The predicted molar refractivity (Wildman–Crippen MR) is 91.3 cm³/mol. The van der Waals surface area contributed by atoms with Crippen molar-refractivity contribution in [3.05, 3.63) is 47.5 Å². The summed E-state index contributed by atoms with van der Waals surface area (Å²) in [6, 6.07) is 4.41. The third-order valence-electron chi connectivity index (χ3n) is 5.90. The van der Waals surface area contributed by atoms with Gasteiger partial charge in [-0.25, -0.2) is 8.78 Å². The number of hydrogen-bond donors (Lipinski definition) is 0. The Bertz CT molecular complexity index is 533. The first-order valence-corrected chi connectivity index (χ1v) is 9.25. The van der Waals surface area contributed by atoms with Crippen molar-refractivity contribution >= 4 is 0 Å². The van der Waals surface area contributed by atoms with E-state index in [4.69, 9.17) is 0 Å². The Hall–Kier alpha value is -1.18. The van der Waals surface area contributed by atoms with E-state index in [-0.39, 0.29) is 0 Å². The first-order valence-electron chi connectivity index (χ1n) is 9.25. The zero-order valence-electron chi connectivity index (χ0n) is 14.1. The van der Waals surface area contributed by atoms with E-state index in [9.17, 15) is 8.78 Å². The Morgan fingerprint density at radius 2 is 1.35 bits per heavy atom. The molecule has 0 heterocycles. The summed E-state index contributed by atoms with van der Waals surface area (Å²) in [6.45, 7) is 2.36. The zero-order chi connectivity index (χ0) is 16.2. The van der Waals surface area contributed by atoms with Gasteiger partial charge in [0.15, 0.2) is 11.6 Å². The van der Waals surface area contributed by atoms with Crippen LogP contribution in [0.25, 0.3) is 0 Å². The average Bonchev–Trinajstić information content (AvgIpc) is 2.57. The summed E-state index contributed by atoms with van der Waals surface area (Å²) >= 11 is 0. The zero-order valence-corrected chi connectivity index (χ0v) is 14.1. The van der Waals surface area contributed by atoms with Gasteiger partial charge in [0.05, 0.1) is 0 Å². The quantitative estimate of drug-likeness (QED) is 0.549. The van der Waals surface area contributed by atoms with Crippen molar-refractivity contribution in [1.29, 1.82) is 0 Å². The van der Waals surface area contributed by atoms with Crippen molar-refractivity contribution in [3.63, 3.8) is 0 Å². The van der Waals surface area contributed by atoms with Gasteiger partial charge in [-0.2, -0.15) is 0 Å². The van der Waals surface area contributed by atoms with E-state index in [0.717, 1.165) is 30.2 Å². The highest BCUT2D eigenvalue weighted by atomic mass is 19.2. The van der Waals surface area contributed by atoms with Crippen molar-refractivity contribution in [2.75, 3.05) is 0 Å². The smallest absolute Gasteiger partial charge is 0.159 e. The molecule has 2 heteroatoms. The minimum atomic E-state index is -0.743. The first kappa shape index (κ1) is 16.7. The highest BCUT2D eigenvalue weighted by Gasteiger charge is 2.22. The summed E-state index contributed by atoms with van der Waals surface area (Å²) in [4.78, 5) is 0. The van der Waals surface area contributed by atoms with E-state index in [2.05, 4.69) is 19.1 Å². The standard InChI is InChI=1S/C21H28F2/c1-15-2-4-16(5-3-15)6-7-17-8-10-18(11-9-17)19-12-13-20(22)21(23)14-19/h6-7,12-18H,2-5,8-11H2,1H3/t15-,16-,17-,18-. The average molecular weight is 318 g/mol. The molecule has 2 saturated carbocycles. The molecule has 0 bridgehead atoms. The van der Waals surface area contributed by atoms with E-state index < -0.39 is 11.6 Å². The van der Waals surface area contributed by atoms with Crippen LogP contribution in [0, 0.1) is 29.4 Å². The third-order valence-corrected chi connectivity index (χ3v) is 5.90. The minimum Gasteiger partial charge on any atom is -0.204 e. The summed E-state index contributed by atoms with van der Waals surface area (Å²) in [5.41, 5.74) is 0.965. The Morgan fingerprint density at radius 1 is 0.783 bits per heavy atom. The normalized spacial score (nSPS) is 32.3. The van der Waals surface area contributed by atoms with Crippen molar-refractivity contribution < 1.29 is 8.78 Å². The molecule has 0 aromatic heterocycles. The van der Waals surface area contributed by atoms with E-state index in [0.29, 0.717) is 11.8 Å². The van der Waals surface area contributed by atoms with E-state index in [1.54, 1.807) is 6.07 Å². The molecular formula is C21H28F2. The molecule has 2 fully saturated rings. The van der Waals surface area contributed by atoms with Crippen LogP contribution in [-0.2, 0) is 0 Å². The number of hydrogen-bond acceptors (Lipinski definition) is 0. The van der Waals surface area contributed by atoms with Crippen molar-refractivity contribution in [2.45, 2.75) is 64.2 Å². The second-order valence-electron chi connectivity index (χ2n) is 7.69. The fourth-order valence-electron chi connectivity index (χ4n) is 4.20. The van der Waals surface area contributed by atoms with Crippen LogP contribution < -0.4 is 0 Å². The lowest BCUT2D eigenvalue weighted by Crippen LogP contribution is -2.13. The van der Waals surface area contributed by atoms with Gasteiger partial charge in [0.2, 0.25) is 0 Å². The van der Waals surface area contributed by atoms with Crippen LogP contribution in [0.2, 0.25) is 0 Å². The second kappa shape index (κ2) is 7.59. The molecule has 3 rings (SSSR count). The third kappa shape index (κ3) is 4.43. The molecule has 2 aliphatic carbocycles. The largest absolute Gasteiger partial charge is 0.204 e. The molecule has 0 aliphatic heterocycles. The maximum Gasteiger partial charge on any atom is 0.159 e. The topological polar surface area (TPSA) is 0 Å². The van der Waals surface area contributed by atoms with Gasteiger partial charge >= 0.3 is 0 Å². The summed E-state index contributed by atoms with van der Waals surface area (Å²) in [5, 5.41) is 0. The van der Waals surface area contributed by atoms with Crippen LogP contribution in [0.1, 0.15) is 69.8 Å². The van der Waals surface area contributed by atoms with Crippen molar-refractivity contribution in [1.82, 2.24) is 0 Å². The van der Waals surface area contributed by atoms with Gasteiger partial charge in [-0.05, 0) is 79.9 Å². The minimum absolute atomic E-state index is 0.394. The highest BCUT2D eigenvalue weighted by Crippen LogP contribution is 2.37. The summed E-state index contributed by atoms with van der Waals surface area (Å²) in [7, 11) is 0. The Kier molecular flexibility index (Phi) is 5.50. The molecule has 0 amide bonds. The van der Waals surface area contributed by atoms with E-state index >= 15 is 0 Å². The monoisotopic (exact) mass is 318 g/mol. The predicted octanol–water partition coefficient (Wildman–Crippen LogP) is 6.62. The van der Waals surface area contributed by atoms with Crippen LogP contribution in [-0.4, -0.2) is 0 Å². The molecule has 0 atom stereocenters. The molecule has 126 valence electrons. The lowest BCUT2D eigenvalue weighted by Gasteiger charge is -2.28. The van der Waals surface area contributed by atoms with Crippen LogP contribution in [0.5, 0.6) is 0 Å². The van der Waals surface area contributed by atoms with Gasteiger partial charge in [-0.3, -0.25) is 0 Å². The molecule has 0 unspecified atom stereocenters. The maximum atomic E-state index is 13.4. The van der Waals surface area contributed by atoms with E-state index in [1.165, 1.54) is 50.7 Å². The van der Waals surface area contributed by atoms with Gasteiger partial charge in [0.1, 0.15) is 0 Å². The van der Waals surface area contributed by atoms with Gasteiger partial charge in [-0.15, -0.1) is 0 Å². The summed E-state index contributed by atoms with van der Waals surface area (Å²) in [5.74, 6) is 1.31. The lowest BCUT2D eigenvalue weighted by atomic mass is 9.77. The number of allylic oxidation sites excluding steroid dienone is 2. The number of rotatable bonds is 3. The SMILES string of the molecule is C[C@H]1CC[C@H](C=C[C@H]2CC[C@H](c3ccc(F)c(F)c3)CC2)CC1. The molecular weight excluding hydrogens is 290 g/mol. The fourth-order valence-corrected chi connectivity index (χ4v) is 4.20. The summed E-state index contributed by atoms with van der Waals surface area (Å²) < 4.78 is 26.4. The highest BCUT2D eigenvalue weighted by molar-refractivity contribution is 5.22. The van der Waals surface area contributed by atoms with Crippen molar-refractivity contribution in [3.8, 4) is 0 Å². The van der Waals surface area contributed by atoms with Crippen LogP contribution in [0.3, 0.4) is 0 Å². The first-order chi connectivity index (χ1) is 11.1. The Labute approximate surface area is 139 Å². The molecule has 0 radical (unpaired) electrons. The van der Waals surface area contributed by atoms with Gasteiger partial charge in [-0.1, -0.05) is 38.0 Å². The van der Waals surface area contributed by atoms with Gasteiger partial charge in [0, 0.05) is 0 Å². The molecule has 23 heavy (non-hydrogen) atoms. The maximum absolute atomic E-state index is 13.4. The number of benzene rings is 1. The van der Waals surface area contributed by atoms with Crippen LogP contribution in [0.4, 0.5) is 8.78 Å². The number of halogens is 2. The van der Waals surface area contributed by atoms with Crippen LogP contribution in [0.15, 0.2) is 30.4 Å². The van der Waals surface area contributed by atoms with Crippen molar-refractivity contribution in [2.24, 2.45) is 17.8 Å². The summed E-state index contributed by atoms with van der Waals surface area (Å²) in [6.07, 6.45) is 14.9. The van der Waals surface area contributed by atoms with E-state index in [1.807, 2.05) is 0 Å². The second-order valence-corrected chi connectivity index (χ2v) is 7.69. The lowest BCUT2D eigenvalue weighted by molar-refractivity contribution is 0.326. The molecule has 1 aromatic carbocycles.